The number of carbonyl (C=O) groups is 2. The van der Waals surface area contributed by atoms with Crippen LogP contribution in [-0.2, 0) is 20.9 Å². The van der Waals surface area contributed by atoms with Gasteiger partial charge in [0.1, 0.15) is 6.54 Å². The van der Waals surface area contributed by atoms with E-state index >= 15 is 0 Å². The minimum absolute atomic E-state index is 0.0930. The Morgan fingerprint density at radius 3 is 2.76 bits per heavy atom. The van der Waals surface area contributed by atoms with Gasteiger partial charge in [0.2, 0.25) is 5.91 Å². The molecule has 25 heavy (non-hydrogen) atoms. The lowest BCUT2D eigenvalue weighted by molar-refractivity contribution is -0.141. The number of likely N-dealkylation sites (N-methyl/N-ethyl adjacent to an activating group) is 1. The Balaban J connectivity index is 2.09. The summed E-state index contributed by atoms with van der Waals surface area (Å²) in [6, 6.07) is 6.98. The summed E-state index contributed by atoms with van der Waals surface area (Å²) >= 11 is 0.316. The van der Waals surface area contributed by atoms with Gasteiger partial charge in [-0.3, -0.25) is 9.59 Å². The number of nitrogens with zero attached hydrogens (tertiary/aromatic N) is 3. The number of fused-ring (bicyclic) bond motifs is 1. The number of alkyl halides is 2. The Morgan fingerprint density at radius 2 is 2.08 bits per heavy atom. The molecule has 1 amide bonds. The zero-order valence-electron chi connectivity index (χ0n) is 13.9. The average Bonchev–Trinajstić information content (AvgIpc) is 2.91. The van der Waals surface area contributed by atoms with E-state index in [2.05, 4.69) is 9.72 Å². The lowest BCUT2D eigenvalue weighted by atomic mass is 10.3. The first-order chi connectivity index (χ1) is 11.9. The van der Waals surface area contributed by atoms with Crippen LogP contribution in [0.15, 0.2) is 29.4 Å². The van der Waals surface area contributed by atoms with E-state index in [0.29, 0.717) is 35.8 Å². The average molecular weight is 371 g/mol. The highest BCUT2D eigenvalue weighted by molar-refractivity contribution is 7.99. The third kappa shape index (κ3) is 5.15. The second-order valence-corrected chi connectivity index (χ2v) is 6.30. The monoisotopic (exact) mass is 371 g/mol. The third-order valence-electron chi connectivity index (χ3n) is 3.64. The molecule has 0 aliphatic rings. The molecule has 9 heteroatoms. The van der Waals surface area contributed by atoms with Gasteiger partial charge in [-0.25, -0.2) is 4.98 Å². The maximum absolute atomic E-state index is 12.8. The van der Waals surface area contributed by atoms with Gasteiger partial charge in [0.05, 0.1) is 18.1 Å². The molecule has 0 fully saturated rings. The molecule has 136 valence electrons. The number of amides is 1. The molecule has 2 rings (SSSR count). The van der Waals surface area contributed by atoms with Crippen LogP contribution < -0.4 is 0 Å². The van der Waals surface area contributed by atoms with Crippen LogP contribution in [0.2, 0.25) is 0 Å². The first-order valence-electron chi connectivity index (χ1n) is 7.63. The fourth-order valence-electron chi connectivity index (χ4n) is 2.32. The van der Waals surface area contributed by atoms with Crippen LogP contribution in [0.25, 0.3) is 11.0 Å². The molecule has 0 saturated heterocycles. The largest absolute Gasteiger partial charge is 0.469 e. The number of thioether (sulfide) groups is 1. The van der Waals surface area contributed by atoms with Gasteiger partial charge in [-0.05, 0) is 30.3 Å². The van der Waals surface area contributed by atoms with E-state index in [9.17, 15) is 18.4 Å². The summed E-state index contributed by atoms with van der Waals surface area (Å²) in [5.74, 6) is -3.20. The number of halogens is 2. The normalized spacial score (nSPS) is 11.1. The minimum Gasteiger partial charge on any atom is -0.469 e. The quantitative estimate of drug-likeness (QED) is 0.527. The molecule has 0 spiro atoms. The fraction of sp³-hybridized carbons (Fsp3) is 0.438. The van der Waals surface area contributed by atoms with E-state index in [1.807, 2.05) is 0 Å². The summed E-state index contributed by atoms with van der Waals surface area (Å²) in [6.45, 7) is 0.280. The summed E-state index contributed by atoms with van der Waals surface area (Å²) < 4.78 is 31.6. The Bertz CT molecular complexity index is 751. The number of ether oxygens (including phenoxy) is 1. The van der Waals surface area contributed by atoms with Crippen molar-refractivity contribution in [3.8, 4) is 0 Å². The number of hydrogen-bond donors (Lipinski definition) is 0. The minimum atomic E-state index is -2.62. The van der Waals surface area contributed by atoms with E-state index in [4.69, 9.17) is 0 Å². The van der Waals surface area contributed by atoms with E-state index in [0.717, 1.165) is 0 Å². The number of rotatable bonds is 8. The van der Waals surface area contributed by atoms with Gasteiger partial charge >= 0.3 is 5.97 Å². The van der Waals surface area contributed by atoms with Crippen molar-refractivity contribution in [2.24, 2.45) is 0 Å². The molecule has 0 atom stereocenters. The lowest BCUT2D eigenvalue weighted by Gasteiger charge is -2.18. The van der Waals surface area contributed by atoms with Gasteiger partial charge in [0.25, 0.3) is 5.76 Å². The van der Waals surface area contributed by atoms with E-state index in [-0.39, 0.29) is 30.0 Å². The number of imidazole rings is 1. The molecule has 0 N–H and O–H groups in total. The van der Waals surface area contributed by atoms with Crippen molar-refractivity contribution in [2.75, 3.05) is 20.7 Å². The van der Waals surface area contributed by atoms with E-state index in [1.165, 1.54) is 16.6 Å². The van der Waals surface area contributed by atoms with E-state index < -0.39 is 5.76 Å². The molecular formula is C16H19F2N3O3S. The van der Waals surface area contributed by atoms with Crippen molar-refractivity contribution >= 4 is 34.7 Å². The molecule has 2 aromatic rings. The number of aromatic nitrogens is 2. The number of benzene rings is 1. The summed E-state index contributed by atoms with van der Waals surface area (Å²) in [7, 11) is 2.92. The predicted octanol–water partition coefficient (Wildman–Crippen LogP) is 2.76. The SMILES string of the molecule is COC(=O)CCCN(C)C(=O)Cn1c(SC(F)F)nc2ccccc21. The van der Waals surface area contributed by atoms with Gasteiger partial charge < -0.3 is 14.2 Å². The lowest BCUT2D eigenvalue weighted by Crippen LogP contribution is -2.31. The smallest absolute Gasteiger partial charge is 0.305 e. The van der Waals surface area contributed by atoms with Crippen LogP contribution in [0, 0.1) is 0 Å². The van der Waals surface area contributed by atoms with E-state index in [1.54, 1.807) is 31.3 Å². The summed E-state index contributed by atoms with van der Waals surface area (Å²) in [4.78, 5) is 29.1. The number of esters is 1. The van der Waals surface area contributed by atoms with Crippen LogP contribution >= 0.6 is 11.8 Å². The molecule has 1 aromatic carbocycles. The number of carbonyl (C=O) groups excluding carboxylic acids is 2. The zero-order chi connectivity index (χ0) is 18.4. The van der Waals surface area contributed by atoms with Crippen molar-refractivity contribution in [1.82, 2.24) is 14.5 Å². The van der Waals surface area contributed by atoms with Crippen LogP contribution in [0.3, 0.4) is 0 Å². The Kier molecular flexibility index (Phi) is 6.74. The topological polar surface area (TPSA) is 64.4 Å². The Morgan fingerprint density at radius 1 is 1.36 bits per heavy atom. The molecule has 0 radical (unpaired) electrons. The van der Waals surface area contributed by atoms with Gasteiger partial charge in [-0.15, -0.1) is 0 Å². The van der Waals surface area contributed by atoms with Crippen LogP contribution in [-0.4, -0.2) is 52.8 Å². The molecule has 6 nitrogen and oxygen atoms in total. The van der Waals surface area contributed by atoms with Gasteiger partial charge in [0, 0.05) is 20.0 Å². The highest BCUT2D eigenvalue weighted by Gasteiger charge is 2.19. The van der Waals surface area contributed by atoms with Gasteiger partial charge in [-0.1, -0.05) is 12.1 Å². The highest BCUT2D eigenvalue weighted by atomic mass is 32.2. The van der Waals surface area contributed by atoms with Crippen molar-refractivity contribution < 1.29 is 23.1 Å². The Hall–Kier alpha value is -2.16. The molecule has 1 heterocycles. The predicted molar refractivity (Wildman–Crippen MR) is 90.5 cm³/mol. The Labute approximate surface area is 148 Å². The number of methoxy groups -OCH3 is 1. The second-order valence-electron chi connectivity index (χ2n) is 5.34. The van der Waals surface area contributed by atoms with Crippen molar-refractivity contribution in [3.63, 3.8) is 0 Å². The molecule has 0 bridgehead atoms. The molecule has 0 saturated carbocycles. The van der Waals surface area contributed by atoms with Crippen LogP contribution in [0.1, 0.15) is 12.8 Å². The highest BCUT2D eigenvalue weighted by Crippen LogP contribution is 2.28. The van der Waals surface area contributed by atoms with Crippen LogP contribution in [0.4, 0.5) is 8.78 Å². The summed E-state index contributed by atoms with van der Waals surface area (Å²) in [5, 5.41) is 0.104. The van der Waals surface area contributed by atoms with Crippen molar-refractivity contribution in [2.45, 2.75) is 30.3 Å². The molecular weight excluding hydrogens is 352 g/mol. The van der Waals surface area contributed by atoms with Gasteiger partial charge in [-0.2, -0.15) is 8.78 Å². The fourth-order valence-corrected chi connectivity index (χ4v) is 2.92. The molecule has 0 aliphatic carbocycles. The van der Waals surface area contributed by atoms with Crippen molar-refractivity contribution in [3.05, 3.63) is 24.3 Å². The summed E-state index contributed by atoms with van der Waals surface area (Å²) in [6.07, 6.45) is 0.687. The van der Waals surface area contributed by atoms with Gasteiger partial charge in [0.15, 0.2) is 5.16 Å². The first-order valence-corrected chi connectivity index (χ1v) is 8.51. The molecule has 0 aliphatic heterocycles. The maximum atomic E-state index is 12.8. The zero-order valence-corrected chi connectivity index (χ0v) is 14.8. The number of para-hydroxylation sites is 2. The van der Waals surface area contributed by atoms with Crippen molar-refractivity contribution in [1.29, 1.82) is 0 Å². The summed E-state index contributed by atoms with van der Waals surface area (Å²) in [5.41, 5.74) is 1.19. The molecule has 1 aromatic heterocycles. The second kappa shape index (κ2) is 8.80. The number of hydrogen-bond acceptors (Lipinski definition) is 5. The first kappa shape index (κ1) is 19.2. The molecule has 0 unspecified atom stereocenters. The standard InChI is InChI=1S/C16H19F2N3O3S/c1-20(9-5-8-14(23)24-2)13(22)10-21-12-7-4-3-6-11(12)19-16(21)25-15(17)18/h3-4,6-7,15H,5,8-10H2,1-2H3. The maximum Gasteiger partial charge on any atom is 0.305 e. The van der Waals surface area contributed by atoms with Crippen LogP contribution in [0.5, 0.6) is 0 Å². The third-order valence-corrected chi connectivity index (χ3v) is 4.34.